The fourth-order valence-corrected chi connectivity index (χ4v) is 2.19. The molecule has 1 amide bonds. The van der Waals surface area contributed by atoms with Crippen molar-refractivity contribution < 1.29 is 9.53 Å². The van der Waals surface area contributed by atoms with Crippen LogP contribution in [0.15, 0.2) is 0 Å². The van der Waals surface area contributed by atoms with Gasteiger partial charge in [0.25, 0.3) is 0 Å². The predicted octanol–water partition coefficient (Wildman–Crippen LogP) is 1.31. The van der Waals surface area contributed by atoms with E-state index in [1.165, 1.54) is 0 Å². The van der Waals surface area contributed by atoms with Crippen molar-refractivity contribution in [3.05, 3.63) is 0 Å². The highest BCUT2D eigenvalue weighted by Gasteiger charge is 2.22. The van der Waals surface area contributed by atoms with Crippen LogP contribution in [0, 0.1) is 5.92 Å². The monoisotopic (exact) mass is 242 g/mol. The zero-order valence-corrected chi connectivity index (χ0v) is 11.3. The summed E-state index contributed by atoms with van der Waals surface area (Å²) in [4.78, 5) is 11.7. The molecule has 1 aliphatic heterocycles. The third-order valence-electron chi connectivity index (χ3n) is 3.23. The SMILES string of the molecule is CCOC(CCNC(=O)C1CCCN1)C(C)C. The molecule has 1 fully saturated rings. The first-order chi connectivity index (χ1) is 8.15. The fourth-order valence-electron chi connectivity index (χ4n) is 2.19. The van der Waals surface area contributed by atoms with Crippen LogP contribution < -0.4 is 10.6 Å². The van der Waals surface area contributed by atoms with E-state index in [1.807, 2.05) is 6.92 Å². The van der Waals surface area contributed by atoms with Crippen molar-refractivity contribution in [2.45, 2.75) is 52.2 Å². The highest BCUT2D eigenvalue weighted by Crippen LogP contribution is 2.10. The smallest absolute Gasteiger partial charge is 0.237 e. The molecule has 4 heteroatoms. The van der Waals surface area contributed by atoms with Gasteiger partial charge in [0, 0.05) is 13.2 Å². The summed E-state index contributed by atoms with van der Waals surface area (Å²) in [7, 11) is 0. The van der Waals surface area contributed by atoms with Crippen molar-refractivity contribution in [1.82, 2.24) is 10.6 Å². The van der Waals surface area contributed by atoms with Crippen LogP contribution in [0.4, 0.5) is 0 Å². The van der Waals surface area contributed by atoms with Gasteiger partial charge in [0.1, 0.15) is 0 Å². The molecule has 100 valence electrons. The van der Waals surface area contributed by atoms with Gasteiger partial charge >= 0.3 is 0 Å². The summed E-state index contributed by atoms with van der Waals surface area (Å²) in [5.74, 6) is 0.637. The number of ether oxygens (including phenoxy) is 1. The van der Waals surface area contributed by atoms with Crippen LogP contribution in [0.3, 0.4) is 0 Å². The fraction of sp³-hybridized carbons (Fsp3) is 0.923. The van der Waals surface area contributed by atoms with Crippen LogP contribution in [0.5, 0.6) is 0 Å². The molecule has 2 unspecified atom stereocenters. The van der Waals surface area contributed by atoms with Crippen LogP contribution in [0.2, 0.25) is 0 Å². The van der Waals surface area contributed by atoms with Crippen LogP contribution >= 0.6 is 0 Å². The summed E-state index contributed by atoms with van der Waals surface area (Å²) in [6.45, 7) is 8.73. The molecule has 0 aromatic carbocycles. The normalized spacial score (nSPS) is 21.8. The second-order valence-electron chi connectivity index (χ2n) is 4.97. The van der Waals surface area contributed by atoms with Crippen molar-refractivity contribution in [3.63, 3.8) is 0 Å². The minimum Gasteiger partial charge on any atom is -0.378 e. The van der Waals surface area contributed by atoms with Gasteiger partial charge < -0.3 is 15.4 Å². The lowest BCUT2D eigenvalue weighted by Gasteiger charge is -2.21. The Morgan fingerprint density at radius 2 is 2.29 bits per heavy atom. The lowest BCUT2D eigenvalue weighted by Crippen LogP contribution is -2.41. The van der Waals surface area contributed by atoms with Gasteiger partial charge in [-0.1, -0.05) is 13.8 Å². The topological polar surface area (TPSA) is 50.4 Å². The summed E-state index contributed by atoms with van der Waals surface area (Å²) in [6.07, 6.45) is 3.21. The number of carbonyl (C=O) groups excluding carboxylic acids is 1. The van der Waals surface area contributed by atoms with E-state index < -0.39 is 0 Å². The third-order valence-corrected chi connectivity index (χ3v) is 3.23. The van der Waals surface area contributed by atoms with Crippen LogP contribution in [0.25, 0.3) is 0 Å². The van der Waals surface area contributed by atoms with Crippen molar-refractivity contribution >= 4 is 5.91 Å². The second-order valence-corrected chi connectivity index (χ2v) is 4.97. The Morgan fingerprint density at radius 1 is 1.53 bits per heavy atom. The zero-order valence-electron chi connectivity index (χ0n) is 11.3. The maximum Gasteiger partial charge on any atom is 0.237 e. The molecule has 0 spiro atoms. The first-order valence-electron chi connectivity index (χ1n) is 6.77. The second kappa shape index (κ2) is 7.67. The Hall–Kier alpha value is -0.610. The van der Waals surface area contributed by atoms with Crippen molar-refractivity contribution in [3.8, 4) is 0 Å². The molecule has 1 rings (SSSR count). The van der Waals surface area contributed by atoms with Crippen LogP contribution in [-0.2, 0) is 9.53 Å². The summed E-state index contributed by atoms with van der Waals surface area (Å²) in [5, 5.41) is 6.19. The number of hydrogen-bond donors (Lipinski definition) is 2. The van der Waals surface area contributed by atoms with E-state index in [2.05, 4.69) is 24.5 Å². The van der Waals surface area contributed by atoms with E-state index in [9.17, 15) is 4.79 Å². The minimum atomic E-state index is 0.0274. The first kappa shape index (κ1) is 14.5. The molecule has 0 bridgehead atoms. The van der Waals surface area contributed by atoms with Gasteiger partial charge in [-0.25, -0.2) is 0 Å². The number of hydrogen-bond acceptors (Lipinski definition) is 3. The lowest BCUT2D eigenvalue weighted by atomic mass is 10.0. The van der Waals surface area contributed by atoms with E-state index in [1.54, 1.807) is 0 Å². The average Bonchev–Trinajstić information content (AvgIpc) is 2.81. The molecule has 1 heterocycles. The number of rotatable bonds is 7. The van der Waals surface area contributed by atoms with E-state index in [-0.39, 0.29) is 18.1 Å². The summed E-state index contributed by atoms with van der Waals surface area (Å²) in [5.41, 5.74) is 0. The van der Waals surface area contributed by atoms with Crippen molar-refractivity contribution in [1.29, 1.82) is 0 Å². The molecule has 4 nitrogen and oxygen atoms in total. The Bertz CT molecular complexity index is 225. The highest BCUT2D eigenvalue weighted by molar-refractivity contribution is 5.81. The molecule has 0 aromatic rings. The molecule has 1 aliphatic rings. The quantitative estimate of drug-likeness (QED) is 0.707. The maximum absolute atomic E-state index is 11.7. The Balaban J connectivity index is 2.18. The van der Waals surface area contributed by atoms with Crippen molar-refractivity contribution in [2.24, 2.45) is 5.92 Å². The average molecular weight is 242 g/mol. The largest absolute Gasteiger partial charge is 0.378 e. The molecule has 0 saturated carbocycles. The number of carbonyl (C=O) groups is 1. The van der Waals surface area contributed by atoms with Crippen LogP contribution in [-0.4, -0.2) is 37.7 Å². The minimum absolute atomic E-state index is 0.0274. The van der Waals surface area contributed by atoms with Gasteiger partial charge in [-0.2, -0.15) is 0 Å². The maximum atomic E-state index is 11.7. The van der Waals surface area contributed by atoms with Gasteiger partial charge in [-0.15, -0.1) is 0 Å². The number of amides is 1. The number of nitrogens with one attached hydrogen (secondary N) is 2. The molecular formula is C13H26N2O2. The Morgan fingerprint density at radius 3 is 2.82 bits per heavy atom. The first-order valence-corrected chi connectivity index (χ1v) is 6.77. The van der Waals surface area contributed by atoms with Gasteiger partial charge in [-0.3, -0.25) is 4.79 Å². The standard InChI is InChI=1S/C13H26N2O2/c1-4-17-12(10(2)3)7-9-15-13(16)11-6-5-8-14-11/h10-12,14H,4-9H2,1-3H3,(H,15,16). The third kappa shape index (κ3) is 5.04. The summed E-state index contributed by atoms with van der Waals surface area (Å²) in [6, 6.07) is 0.0274. The highest BCUT2D eigenvalue weighted by atomic mass is 16.5. The predicted molar refractivity (Wildman–Crippen MR) is 68.9 cm³/mol. The van der Waals surface area contributed by atoms with E-state index in [0.717, 1.165) is 32.4 Å². The van der Waals surface area contributed by atoms with E-state index in [4.69, 9.17) is 4.74 Å². The zero-order chi connectivity index (χ0) is 12.7. The van der Waals surface area contributed by atoms with E-state index >= 15 is 0 Å². The molecule has 0 radical (unpaired) electrons. The molecular weight excluding hydrogens is 216 g/mol. The van der Waals surface area contributed by atoms with E-state index in [0.29, 0.717) is 12.5 Å². The lowest BCUT2D eigenvalue weighted by molar-refractivity contribution is -0.122. The molecule has 0 aromatic heterocycles. The molecule has 17 heavy (non-hydrogen) atoms. The summed E-state index contributed by atoms with van der Waals surface area (Å²) < 4.78 is 5.64. The van der Waals surface area contributed by atoms with Gasteiger partial charge in [0.15, 0.2) is 0 Å². The van der Waals surface area contributed by atoms with Gasteiger partial charge in [-0.05, 0) is 38.6 Å². The van der Waals surface area contributed by atoms with Crippen molar-refractivity contribution in [2.75, 3.05) is 19.7 Å². The molecule has 2 atom stereocenters. The van der Waals surface area contributed by atoms with Gasteiger partial charge in [0.2, 0.25) is 5.91 Å². The van der Waals surface area contributed by atoms with Crippen LogP contribution in [0.1, 0.15) is 40.0 Å². The Labute approximate surface area is 104 Å². The van der Waals surface area contributed by atoms with Gasteiger partial charge in [0.05, 0.1) is 12.1 Å². The molecule has 0 aliphatic carbocycles. The Kier molecular flexibility index (Phi) is 6.52. The summed E-state index contributed by atoms with van der Waals surface area (Å²) >= 11 is 0. The molecule has 1 saturated heterocycles. The molecule has 2 N–H and O–H groups in total.